The maximum atomic E-state index is 6.31. The van der Waals surface area contributed by atoms with E-state index in [1.807, 2.05) is 31.2 Å². The highest BCUT2D eigenvalue weighted by Crippen LogP contribution is 2.39. The quantitative estimate of drug-likeness (QED) is 0.650. The molecule has 2 aromatic rings. The van der Waals surface area contributed by atoms with Gasteiger partial charge in [0.15, 0.2) is 5.16 Å². The number of aromatic nitrogens is 2. The number of hydrogen-bond acceptors (Lipinski definition) is 4. The number of thioether (sulfide) groups is 1. The first-order valence-electron chi connectivity index (χ1n) is 6.58. The zero-order chi connectivity index (χ0) is 14.5. The monoisotopic (exact) mass is 351 g/mol. The lowest BCUT2D eigenvalue weighted by Gasteiger charge is -2.23. The number of rotatable bonds is 5. The van der Waals surface area contributed by atoms with Gasteiger partial charge in [-0.15, -0.1) is 0 Å². The van der Waals surface area contributed by atoms with E-state index in [9.17, 15) is 0 Å². The molecule has 2 atom stereocenters. The van der Waals surface area contributed by atoms with E-state index in [1.54, 1.807) is 18.0 Å². The molecule has 0 aliphatic rings. The normalized spacial score (nSPS) is 14.0. The number of aryl methyl sites for hydroxylation is 1. The number of halogens is 1. The molecule has 1 aromatic carbocycles. The van der Waals surface area contributed by atoms with E-state index in [1.165, 1.54) is 5.56 Å². The molecule has 1 aromatic heterocycles. The van der Waals surface area contributed by atoms with Crippen LogP contribution in [0.15, 0.2) is 46.2 Å². The molecule has 5 heteroatoms. The molecule has 0 amide bonds. The molecule has 0 aliphatic heterocycles. The van der Waals surface area contributed by atoms with Crippen LogP contribution in [-0.4, -0.2) is 16.0 Å². The van der Waals surface area contributed by atoms with Gasteiger partial charge in [0.2, 0.25) is 0 Å². The summed E-state index contributed by atoms with van der Waals surface area (Å²) in [6, 6.07) is 10.2. The van der Waals surface area contributed by atoms with Crippen molar-refractivity contribution in [1.29, 1.82) is 0 Å². The van der Waals surface area contributed by atoms with Gasteiger partial charge in [-0.25, -0.2) is 9.97 Å². The summed E-state index contributed by atoms with van der Waals surface area (Å²) in [5, 5.41) is 0.909. The van der Waals surface area contributed by atoms with Crippen LogP contribution in [0.5, 0.6) is 0 Å². The van der Waals surface area contributed by atoms with E-state index in [0.29, 0.717) is 0 Å². The highest BCUT2D eigenvalue weighted by molar-refractivity contribution is 9.10. The van der Waals surface area contributed by atoms with E-state index in [0.717, 1.165) is 21.7 Å². The van der Waals surface area contributed by atoms with Gasteiger partial charge in [-0.05, 0) is 31.0 Å². The van der Waals surface area contributed by atoms with E-state index in [-0.39, 0.29) is 11.3 Å². The van der Waals surface area contributed by atoms with Crippen molar-refractivity contribution in [3.8, 4) is 0 Å². The van der Waals surface area contributed by atoms with Gasteiger partial charge in [-0.3, -0.25) is 0 Å². The van der Waals surface area contributed by atoms with Crippen LogP contribution >= 0.6 is 27.7 Å². The highest BCUT2D eigenvalue weighted by atomic mass is 79.9. The molecular formula is C15H18BrN3S. The van der Waals surface area contributed by atoms with Crippen molar-refractivity contribution in [2.24, 2.45) is 5.73 Å². The second kappa shape index (κ2) is 7.20. The van der Waals surface area contributed by atoms with E-state index in [2.05, 4.69) is 38.9 Å². The topological polar surface area (TPSA) is 51.8 Å². The molecular weight excluding hydrogens is 334 g/mol. The summed E-state index contributed by atoms with van der Waals surface area (Å²) >= 11 is 5.24. The summed E-state index contributed by atoms with van der Waals surface area (Å²) in [5.41, 5.74) is 8.47. The summed E-state index contributed by atoms with van der Waals surface area (Å²) in [4.78, 5) is 8.80. The number of benzene rings is 1. The predicted molar refractivity (Wildman–Crippen MR) is 87.8 cm³/mol. The minimum atomic E-state index is 0.0582. The van der Waals surface area contributed by atoms with Gasteiger partial charge in [-0.2, -0.15) is 0 Å². The molecule has 2 N–H and O–H groups in total. The van der Waals surface area contributed by atoms with Crippen LogP contribution in [0, 0.1) is 6.92 Å². The Balaban J connectivity index is 2.32. The van der Waals surface area contributed by atoms with Gasteiger partial charge in [0.25, 0.3) is 0 Å². The number of nitrogens with zero attached hydrogens (tertiary/aromatic N) is 2. The Morgan fingerprint density at radius 3 is 2.70 bits per heavy atom. The molecule has 106 valence electrons. The van der Waals surface area contributed by atoms with Crippen LogP contribution in [0.1, 0.15) is 29.9 Å². The molecule has 3 nitrogen and oxygen atoms in total. The van der Waals surface area contributed by atoms with Crippen molar-refractivity contribution in [2.45, 2.75) is 36.7 Å². The molecule has 0 aliphatic carbocycles. The summed E-state index contributed by atoms with van der Waals surface area (Å²) in [6.07, 6.45) is 2.70. The molecule has 0 spiro atoms. The van der Waals surface area contributed by atoms with Crippen LogP contribution in [0.4, 0.5) is 0 Å². The maximum Gasteiger partial charge on any atom is 0.188 e. The van der Waals surface area contributed by atoms with Crippen LogP contribution < -0.4 is 5.73 Å². The number of nitrogens with two attached hydrogens (primary N) is 1. The minimum Gasteiger partial charge on any atom is -0.326 e. The summed E-state index contributed by atoms with van der Waals surface area (Å²) in [5.74, 6) is 0. The van der Waals surface area contributed by atoms with Gasteiger partial charge >= 0.3 is 0 Å². The Hall–Kier alpha value is -0.910. The van der Waals surface area contributed by atoms with Crippen molar-refractivity contribution < 1.29 is 0 Å². The fourth-order valence-electron chi connectivity index (χ4n) is 1.90. The Bertz CT molecular complexity index is 577. The molecule has 0 bridgehead atoms. The van der Waals surface area contributed by atoms with Crippen molar-refractivity contribution in [3.63, 3.8) is 0 Å². The van der Waals surface area contributed by atoms with Crippen molar-refractivity contribution >= 4 is 27.7 Å². The number of hydrogen-bond donors (Lipinski definition) is 1. The van der Waals surface area contributed by atoms with Gasteiger partial charge in [0, 0.05) is 22.4 Å². The Kier molecular flexibility index (Phi) is 5.57. The Labute approximate surface area is 132 Å². The van der Waals surface area contributed by atoms with Crippen molar-refractivity contribution in [3.05, 3.63) is 52.3 Å². The maximum absolute atomic E-state index is 6.31. The van der Waals surface area contributed by atoms with Crippen molar-refractivity contribution in [2.75, 3.05) is 0 Å². The molecule has 0 saturated carbocycles. The minimum absolute atomic E-state index is 0.0582. The third-order valence-electron chi connectivity index (χ3n) is 3.08. The van der Waals surface area contributed by atoms with E-state index in [4.69, 9.17) is 5.73 Å². The summed E-state index contributed by atoms with van der Waals surface area (Å²) < 4.78 is 1.08. The van der Waals surface area contributed by atoms with Gasteiger partial charge in [0.1, 0.15) is 0 Å². The van der Waals surface area contributed by atoms with Gasteiger partial charge < -0.3 is 5.73 Å². The smallest absolute Gasteiger partial charge is 0.188 e. The highest BCUT2D eigenvalue weighted by Gasteiger charge is 2.23. The largest absolute Gasteiger partial charge is 0.326 e. The Morgan fingerprint density at radius 1 is 1.30 bits per heavy atom. The first-order chi connectivity index (χ1) is 9.61. The fraction of sp³-hybridized carbons (Fsp3) is 0.333. The Morgan fingerprint density at radius 2 is 2.05 bits per heavy atom. The van der Waals surface area contributed by atoms with Crippen LogP contribution in [0.3, 0.4) is 0 Å². The van der Waals surface area contributed by atoms with Gasteiger partial charge in [0.05, 0.1) is 5.25 Å². The lowest BCUT2D eigenvalue weighted by Crippen LogP contribution is -2.26. The van der Waals surface area contributed by atoms with Crippen LogP contribution in [-0.2, 0) is 0 Å². The molecule has 0 fully saturated rings. The zero-order valence-corrected chi connectivity index (χ0v) is 14.0. The standard InChI is InChI=1S/C15H18BrN3S/c1-3-13(17)14(11-6-4-5-7-12(11)16)20-15-18-9-8-10(2)19-15/h4-9,13-14H,3,17H2,1-2H3. The molecule has 2 rings (SSSR count). The SMILES string of the molecule is CCC(N)C(Sc1nccc(C)n1)c1ccccc1Br. The average Bonchev–Trinajstić information content (AvgIpc) is 2.45. The van der Waals surface area contributed by atoms with Crippen LogP contribution in [0.2, 0.25) is 0 Å². The molecule has 0 saturated heterocycles. The fourth-order valence-corrected chi connectivity index (χ4v) is 3.83. The summed E-state index contributed by atoms with van der Waals surface area (Å²) in [6.45, 7) is 4.07. The molecule has 20 heavy (non-hydrogen) atoms. The predicted octanol–water partition coefficient (Wildman–Crippen LogP) is 4.12. The van der Waals surface area contributed by atoms with Gasteiger partial charge in [-0.1, -0.05) is 52.8 Å². The lowest BCUT2D eigenvalue weighted by molar-refractivity contribution is 0.631. The molecule has 1 heterocycles. The van der Waals surface area contributed by atoms with Crippen molar-refractivity contribution in [1.82, 2.24) is 9.97 Å². The molecule has 2 unspecified atom stereocenters. The van der Waals surface area contributed by atoms with Crippen LogP contribution in [0.25, 0.3) is 0 Å². The third-order valence-corrected chi connectivity index (χ3v) is 5.06. The first-order valence-corrected chi connectivity index (χ1v) is 8.25. The third kappa shape index (κ3) is 3.81. The lowest BCUT2D eigenvalue weighted by atomic mass is 10.0. The molecule has 0 radical (unpaired) electrons. The zero-order valence-electron chi connectivity index (χ0n) is 11.6. The average molecular weight is 352 g/mol. The first kappa shape index (κ1) is 15.5. The second-order valence-electron chi connectivity index (χ2n) is 4.61. The summed E-state index contributed by atoms with van der Waals surface area (Å²) in [7, 11) is 0. The van der Waals surface area contributed by atoms with E-state index < -0.39 is 0 Å². The van der Waals surface area contributed by atoms with E-state index >= 15 is 0 Å². The second-order valence-corrected chi connectivity index (χ2v) is 6.58.